The smallest absolute Gasteiger partial charge is 0.322 e. The van der Waals surface area contributed by atoms with Crippen LogP contribution in [0, 0.1) is 23.7 Å². The van der Waals surface area contributed by atoms with Crippen molar-refractivity contribution in [3.8, 4) is 0 Å². The van der Waals surface area contributed by atoms with E-state index in [-0.39, 0.29) is 11.8 Å². The van der Waals surface area contributed by atoms with Gasteiger partial charge >= 0.3 is 11.9 Å². The highest BCUT2D eigenvalue weighted by molar-refractivity contribution is 5.75. The van der Waals surface area contributed by atoms with Gasteiger partial charge in [0.1, 0.15) is 12.1 Å². The molecule has 1 fully saturated rings. The molecule has 21 heavy (non-hydrogen) atoms. The van der Waals surface area contributed by atoms with E-state index in [1.807, 2.05) is 0 Å². The second-order valence-corrected chi connectivity index (χ2v) is 6.11. The lowest BCUT2D eigenvalue weighted by Gasteiger charge is -2.27. The molecule has 0 aliphatic heterocycles. The van der Waals surface area contributed by atoms with Gasteiger partial charge in [0.15, 0.2) is 0 Å². The fourth-order valence-corrected chi connectivity index (χ4v) is 3.14. The van der Waals surface area contributed by atoms with E-state index in [0.717, 1.165) is 6.42 Å². The predicted molar refractivity (Wildman–Crippen MR) is 76.9 cm³/mol. The molecule has 118 valence electrons. The molecule has 6 nitrogen and oxygen atoms in total. The molecular formula is C15H24N2O4. The van der Waals surface area contributed by atoms with E-state index in [0.29, 0.717) is 25.0 Å². The van der Waals surface area contributed by atoms with Gasteiger partial charge in [-0.2, -0.15) is 0 Å². The molecule has 0 spiro atoms. The summed E-state index contributed by atoms with van der Waals surface area (Å²) in [4.78, 5) is 23.0. The van der Waals surface area contributed by atoms with Crippen molar-refractivity contribution in [3.63, 3.8) is 0 Å². The summed E-state index contributed by atoms with van der Waals surface area (Å²) in [7, 11) is 0. The summed E-state index contributed by atoms with van der Waals surface area (Å²) >= 11 is 0. The van der Waals surface area contributed by atoms with Crippen LogP contribution in [0.15, 0.2) is 12.2 Å². The zero-order valence-corrected chi connectivity index (χ0v) is 12.5. The van der Waals surface area contributed by atoms with Crippen LogP contribution < -0.4 is 11.5 Å². The second-order valence-electron chi connectivity index (χ2n) is 6.11. The lowest BCUT2D eigenvalue weighted by atomic mass is 9.84. The molecule has 1 saturated carbocycles. The number of hydrogen-bond donors (Lipinski definition) is 2. The molecular weight excluding hydrogens is 272 g/mol. The third-order valence-corrected chi connectivity index (χ3v) is 4.38. The van der Waals surface area contributed by atoms with Gasteiger partial charge in [-0.15, -0.1) is 0 Å². The average molecular weight is 296 g/mol. The van der Waals surface area contributed by atoms with E-state index in [1.54, 1.807) is 13.8 Å². The highest BCUT2D eigenvalue weighted by Crippen LogP contribution is 2.48. The van der Waals surface area contributed by atoms with Crippen LogP contribution in [0.5, 0.6) is 0 Å². The summed E-state index contributed by atoms with van der Waals surface area (Å²) in [6, 6.07) is -1.23. The van der Waals surface area contributed by atoms with E-state index in [9.17, 15) is 9.59 Å². The van der Waals surface area contributed by atoms with Gasteiger partial charge in [-0.05, 0) is 32.1 Å². The van der Waals surface area contributed by atoms with Crippen molar-refractivity contribution in [2.24, 2.45) is 35.1 Å². The van der Waals surface area contributed by atoms with Gasteiger partial charge in [-0.1, -0.05) is 12.2 Å². The number of rotatable bonds is 6. The highest BCUT2D eigenvalue weighted by Gasteiger charge is 2.45. The third-order valence-electron chi connectivity index (χ3n) is 4.38. The van der Waals surface area contributed by atoms with Crippen molar-refractivity contribution in [2.45, 2.75) is 32.4 Å². The quantitative estimate of drug-likeness (QED) is 0.536. The SMILES string of the molecule is C[C@H](N)C(=O)OC[C@@H]1C2C=CC(C2)[C@@H]1COC(=O)[C@H](C)N. The molecule has 4 N–H and O–H groups in total. The van der Waals surface area contributed by atoms with Crippen LogP contribution in [0.4, 0.5) is 0 Å². The number of carbonyl (C=O) groups is 2. The number of hydrogen-bond acceptors (Lipinski definition) is 6. The fourth-order valence-electron chi connectivity index (χ4n) is 3.14. The Labute approximate surface area is 124 Å². The molecule has 6 heteroatoms. The molecule has 0 radical (unpaired) electrons. The monoisotopic (exact) mass is 296 g/mol. The van der Waals surface area contributed by atoms with Gasteiger partial charge in [-0.3, -0.25) is 9.59 Å². The van der Waals surface area contributed by atoms with Crippen LogP contribution in [0.1, 0.15) is 20.3 Å². The number of nitrogens with two attached hydrogens (primary N) is 2. The molecule has 0 saturated heterocycles. The third kappa shape index (κ3) is 3.63. The fraction of sp³-hybridized carbons (Fsp3) is 0.733. The highest BCUT2D eigenvalue weighted by atomic mass is 16.5. The first-order valence-corrected chi connectivity index (χ1v) is 7.43. The van der Waals surface area contributed by atoms with Gasteiger partial charge < -0.3 is 20.9 Å². The number of carbonyl (C=O) groups excluding carboxylic acids is 2. The lowest BCUT2D eigenvalue weighted by Crippen LogP contribution is -2.35. The van der Waals surface area contributed by atoms with Gasteiger partial charge in [0.2, 0.25) is 0 Å². The van der Waals surface area contributed by atoms with Crippen molar-refractivity contribution >= 4 is 11.9 Å². The maximum absolute atomic E-state index is 11.5. The maximum atomic E-state index is 11.5. The summed E-state index contributed by atoms with van der Waals surface area (Å²) < 4.78 is 10.5. The standard InChI is InChI=1S/C15H24N2O4/c1-8(16)14(18)20-6-12-10-3-4-11(5-10)13(12)7-21-15(19)9(2)17/h3-4,8-13H,5-7,16-17H2,1-2H3/t8-,9-,10?,11?,12-,13+/m0/s1. The average Bonchev–Trinajstić information content (AvgIpc) is 3.02. The molecule has 2 unspecified atom stereocenters. The second kappa shape index (κ2) is 6.58. The van der Waals surface area contributed by atoms with Gasteiger partial charge in [0.05, 0.1) is 13.2 Å². The summed E-state index contributed by atoms with van der Waals surface area (Å²) in [6.45, 7) is 3.86. The lowest BCUT2D eigenvalue weighted by molar-refractivity contribution is -0.151. The Hall–Kier alpha value is -1.40. The minimum absolute atomic E-state index is 0.184. The predicted octanol–water partition coefficient (Wildman–Crippen LogP) is 0.206. The Kier molecular flexibility index (Phi) is 5.00. The Balaban J connectivity index is 1.90. The summed E-state index contributed by atoms with van der Waals surface area (Å²) in [6.07, 6.45) is 5.36. The number of fused-ring (bicyclic) bond motifs is 2. The van der Waals surface area contributed by atoms with Crippen LogP contribution in [0.25, 0.3) is 0 Å². The van der Waals surface area contributed by atoms with Crippen LogP contribution >= 0.6 is 0 Å². The van der Waals surface area contributed by atoms with Gasteiger partial charge in [0.25, 0.3) is 0 Å². The maximum Gasteiger partial charge on any atom is 0.322 e. The Morgan fingerprint density at radius 3 is 1.71 bits per heavy atom. The van der Waals surface area contributed by atoms with E-state index in [2.05, 4.69) is 12.2 Å². The molecule has 6 atom stereocenters. The van der Waals surface area contributed by atoms with E-state index in [4.69, 9.17) is 20.9 Å². The molecule has 0 aromatic rings. The Morgan fingerprint density at radius 2 is 1.38 bits per heavy atom. The van der Waals surface area contributed by atoms with Crippen LogP contribution in [-0.2, 0) is 19.1 Å². The van der Waals surface area contributed by atoms with Crippen molar-refractivity contribution in [1.82, 2.24) is 0 Å². The molecule has 2 bridgehead atoms. The molecule has 0 aromatic heterocycles. The van der Waals surface area contributed by atoms with Gasteiger partial charge in [-0.25, -0.2) is 0 Å². The van der Waals surface area contributed by atoms with Crippen LogP contribution in [0.2, 0.25) is 0 Å². The largest absolute Gasteiger partial charge is 0.464 e. The van der Waals surface area contributed by atoms with Crippen molar-refractivity contribution in [3.05, 3.63) is 12.2 Å². The Bertz CT molecular complexity index is 395. The molecule has 2 aliphatic carbocycles. The molecule has 0 amide bonds. The first-order chi connectivity index (χ1) is 9.90. The number of allylic oxidation sites excluding steroid dienone is 2. The normalized spacial score (nSPS) is 32.8. The van der Waals surface area contributed by atoms with E-state index < -0.39 is 24.0 Å². The topological polar surface area (TPSA) is 105 Å². The van der Waals surface area contributed by atoms with Crippen LogP contribution in [0.3, 0.4) is 0 Å². The number of ether oxygens (including phenoxy) is 2. The first kappa shape index (κ1) is 16.0. The minimum atomic E-state index is -0.617. The van der Waals surface area contributed by atoms with Crippen molar-refractivity contribution in [1.29, 1.82) is 0 Å². The molecule has 2 aliphatic rings. The molecule has 0 aromatic carbocycles. The van der Waals surface area contributed by atoms with E-state index in [1.165, 1.54) is 0 Å². The van der Waals surface area contributed by atoms with Crippen molar-refractivity contribution < 1.29 is 19.1 Å². The minimum Gasteiger partial charge on any atom is -0.464 e. The summed E-state index contributed by atoms with van der Waals surface area (Å²) in [5.41, 5.74) is 11.0. The van der Waals surface area contributed by atoms with E-state index >= 15 is 0 Å². The Morgan fingerprint density at radius 1 is 1.00 bits per heavy atom. The zero-order valence-electron chi connectivity index (χ0n) is 12.5. The molecule has 2 rings (SSSR count). The summed E-state index contributed by atoms with van der Waals surface area (Å²) in [5.74, 6) is 0.345. The molecule has 0 heterocycles. The first-order valence-electron chi connectivity index (χ1n) is 7.43. The van der Waals surface area contributed by atoms with Crippen LogP contribution in [-0.4, -0.2) is 37.2 Å². The van der Waals surface area contributed by atoms with Gasteiger partial charge in [0, 0.05) is 11.8 Å². The van der Waals surface area contributed by atoms with Crippen molar-refractivity contribution in [2.75, 3.05) is 13.2 Å². The zero-order chi connectivity index (χ0) is 15.6. The summed E-state index contributed by atoms with van der Waals surface area (Å²) in [5, 5.41) is 0. The number of esters is 2.